The number of nitrogens with one attached hydrogen (secondary N) is 1. The van der Waals surface area contributed by atoms with E-state index in [2.05, 4.69) is 11.6 Å². The van der Waals surface area contributed by atoms with Gasteiger partial charge in [-0.1, -0.05) is 44.4 Å². The minimum atomic E-state index is -3.88. The minimum absolute atomic E-state index is 0.0501. The van der Waals surface area contributed by atoms with Crippen molar-refractivity contribution in [2.24, 2.45) is 0 Å². The molecule has 1 saturated heterocycles. The van der Waals surface area contributed by atoms with E-state index in [1.54, 1.807) is 17.0 Å². The molecular formula is C25H32N2O5S. The molecule has 0 bridgehead atoms. The van der Waals surface area contributed by atoms with Gasteiger partial charge in [-0.2, -0.15) is 0 Å². The largest absolute Gasteiger partial charge is 0.452 e. The minimum Gasteiger partial charge on any atom is -0.452 e. The second-order valence-corrected chi connectivity index (χ2v) is 9.99. The van der Waals surface area contributed by atoms with Gasteiger partial charge in [0, 0.05) is 18.8 Å². The van der Waals surface area contributed by atoms with E-state index in [0.717, 1.165) is 50.5 Å². The maximum Gasteiger partial charge on any atom is 0.338 e. The van der Waals surface area contributed by atoms with Gasteiger partial charge in [-0.3, -0.25) is 9.52 Å². The molecule has 3 rings (SSSR count). The molecule has 2 aromatic carbocycles. The highest BCUT2D eigenvalue weighted by atomic mass is 32.2. The molecule has 0 radical (unpaired) electrons. The van der Waals surface area contributed by atoms with Crippen molar-refractivity contribution in [3.8, 4) is 0 Å². The van der Waals surface area contributed by atoms with Gasteiger partial charge in [0.05, 0.1) is 10.5 Å². The number of amides is 1. The van der Waals surface area contributed by atoms with Gasteiger partial charge >= 0.3 is 5.97 Å². The van der Waals surface area contributed by atoms with Crippen LogP contribution in [0.25, 0.3) is 0 Å². The van der Waals surface area contributed by atoms with Gasteiger partial charge in [-0.15, -0.1) is 0 Å². The van der Waals surface area contributed by atoms with Gasteiger partial charge in [0.2, 0.25) is 0 Å². The van der Waals surface area contributed by atoms with Crippen LogP contribution in [0.5, 0.6) is 0 Å². The number of aryl methyl sites for hydroxylation is 1. The lowest BCUT2D eigenvalue weighted by molar-refractivity contribution is -0.134. The first-order valence-corrected chi connectivity index (χ1v) is 13.0. The Hall–Kier alpha value is -2.87. The second-order valence-electron chi connectivity index (χ2n) is 8.30. The first kappa shape index (κ1) is 24.8. The van der Waals surface area contributed by atoms with Crippen LogP contribution in [-0.4, -0.2) is 44.9 Å². The molecule has 0 atom stereocenters. The molecule has 178 valence electrons. The average Bonchev–Trinajstić information content (AvgIpc) is 3.11. The van der Waals surface area contributed by atoms with Crippen LogP contribution in [0.3, 0.4) is 0 Å². The fourth-order valence-corrected chi connectivity index (χ4v) is 4.85. The van der Waals surface area contributed by atoms with Crippen molar-refractivity contribution < 1.29 is 22.7 Å². The van der Waals surface area contributed by atoms with E-state index in [-0.39, 0.29) is 23.0 Å². The third-order valence-corrected chi connectivity index (χ3v) is 7.07. The van der Waals surface area contributed by atoms with E-state index in [0.29, 0.717) is 18.8 Å². The topological polar surface area (TPSA) is 92.8 Å². The molecular weight excluding hydrogens is 440 g/mol. The fraction of sp³-hybridized carbons (Fsp3) is 0.440. The number of benzene rings is 2. The molecule has 0 saturated carbocycles. The number of hydrogen-bond donors (Lipinski definition) is 1. The lowest BCUT2D eigenvalue weighted by Crippen LogP contribution is -2.35. The van der Waals surface area contributed by atoms with Crippen molar-refractivity contribution >= 4 is 27.6 Å². The molecule has 1 N–H and O–H groups in total. The van der Waals surface area contributed by atoms with Crippen LogP contribution in [0.1, 0.15) is 61.4 Å². The van der Waals surface area contributed by atoms with E-state index in [1.165, 1.54) is 24.3 Å². The fourth-order valence-electron chi connectivity index (χ4n) is 3.75. The molecule has 1 aliphatic heterocycles. The molecule has 1 amide bonds. The van der Waals surface area contributed by atoms with Crippen LogP contribution in [0.2, 0.25) is 0 Å². The van der Waals surface area contributed by atoms with Crippen LogP contribution < -0.4 is 4.72 Å². The van der Waals surface area contributed by atoms with Gasteiger partial charge in [0.25, 0.3) is 15.9 Å². The number of ether oxygens (including phenoxy) is 1. The molecule has 1 fully saturated rings. The summed E-state index contributed by atoms with van der Waals surface area (Å²) in [4.78, 5) is 26.5. The van der Waals surface area contributed by atoms with Crippen molar-refractivity contribution in [2.75, 3.05) is 24.4 Å². The predicted molar refractivity (Wildman–Crippen MR) is 128 cm³/mol. The van der Waals surface area contributed by atoms with Gasteiger partial charge in [-0.05, 0) is 61.6 Å². The van der Waals surface area contributed by atoms with E-state index < -0.39 is 16.0 Å². The molecule has 8 heteroatoms. The highest BCUT2D eigenvalue weighted by Gasteiger charge is 2.20. The summed E-state index contributed by atoms with van der Waals surface area (Å²) in [7, 11) is -3.88. The zero-order valence-electron chi connectivity index (χ0n) is 19.1. The molecule has 33 heavy (non-hydrogen) atoms. The maximum absolute atomic E-state index is 12.8. The summed E-state index contributed by atoms with van der Waals surface area (Å²) in [5, 5.41) is 0. The Bertz CT molecular complexity index is 1040. The summed E-state index contributed by atoms with van der Waals surface area (Å²) in [6, 6.07) is 12.9. The van der Waals surface area contributed by atoms with E-state index >= 15 is 0 Å². The van der Waals surface area contributed by atoms with Crippen LogP contribution in [0, 0.1) is 0 Å². The average molecular weight is 473 g/mol. The van der Waals surface area contributed by atoms with Crippen molar-refractivity contribution in [1.29, 1.82) is 0 Å². The quantitative estimate of drug-likeness (QED) is 0.547. The summed E-state index contributed by atoms with van der Waals surface area (Å²) in [6.07, 6.45) is 7.23. The Labute approximate surface area is 196 Å². The van der Waals surface area contributed by atoms with Gasteiger partial charge in [0.1, 0.15) is 0 Å². The van der Waals surface area contributed by atoms with E-state index in [1.807, 2.05) is 12.1 Å². The molecule has 7 nitrogen and oxygen atoms in total. The zero-order valence-corrected chi connectivity index (χ0v) is 19.9. The van der Waals surface area contributed by atoms with Crippen LogP contribution in [-0.2, 0) is 26.0 Å². The summed E-state index contributed by atoms with van der Waals surface area (Å²) in [6.45, 7) is 3.13. The number of anilines is 1. The van der Waals surface area contributed by atoms with Crippen LogP contribution in [0.15, 0.2) is 53.4 Å². The Morgan fingerprint density at radius 2 is 1.70 bits per heavy atom. The molecule has 1 heterocycles. The number of esters is 1. The van der Waals surface area contributed by atoms with Crippen molar-refractivity contribution in [1.82, 2.24) is 4.90 Å². The molecule has 0 unspecified atom stereocenters. The molecule has 0 aromatic heterocycles. The number of carbonyl (C=O) groups excluding carboxylic acids is 2. The highest BCUT2D eigenvalue weighted by molar-refractivity contribution is 7.92. The zero-order chi connectivity index (χ0) is 23.7. The molecule has 0 spiro atoms. The number of nitrogens with zero attached hydrogens (tertiary/aromatic N) is 1. The molecule has 2 aromatic rings. The van der Waals surface area contributed by atoms with Crippen molar-refractivity contribution in [3.05, 3.63) is 59.7 Å². The Morgan fingerprint density at radius 3 is 2.36 bits per heavy atom. The third-order valence-electron chi connectivity index (χ3n) is 5.69. The lowest BCUT2D eigenvalue weighted by Gasteiger charge is -2.20. The second kappa shape index (κ2) is 11.8. The van der Waals surface area contributed by atoms with E-state index in [9.17, 15) is 18.0 Å². The Morgan fingerprint density at radius 1 is 1.00 bits per heavy atom. The first-order chi connectivity index (χ1) is 15.9. The van der Waals surface area contributed by atoms with Gasteiger partial charge < -0.3 is 9.64 Å². The first-order valence-electron chi connectivity index (χ1n) is 11.6. The predicted octanol–water partition coefficient (Wildman–Crippen LogP) is 4.39. The van der Waals surface area contributed by atoms with Crippen LogP contribution in [0.4, 0.5) is 5.69 Å². The van der Waals surface area contributed by atoms with Gasteiger partial charge in [0.15, 0.2) is 6.61 Å². The van der Waals surface area contributed by atoms with Crippen LogP contribution >= 0.6 is 0 Å². The number of unbranched alkanes of at least 4 members (excludes halogenated alkanes) is 1. The maximum atomic E-state index is 12.8. The Kier molecular flexibility index (Phi) is 8.88. The third kappa shape index (κ3) is 7.32. The molecule has 1 aliphatic rings. The number of hydrogen-bond acceptors (Lipinski definition) is 5. The standard InChI is InChI=1S/C25H32N2O5S/c1-2-3-9-20-12-14-22(15-13-20)26-33(30,31)23-11-8-10-21(18-23)25(29)32-19-24(28)27-16-6-4-5-7-17-27/h8,10-15,18,26H,2-7,9,16-17,19H2,1H3. The normalized spacial score (nSPS) is 14.4. The van der Waals surface area contributed by atoms with Gasteiger partial charge in [-0.25, -0.2) is 13.2 Å². The summed E-state index contributed by atoms with van der Waals surface area (Å²) < 4.78 is 33.3. The number of carbonyl (C=O) groups is 2. The highest BCUT2D eigenvalue weighted by Crippen LogP contribution is 2.19. The summed E-state index contributed by atoms with van der Waals surface area (Å²) in [5.41, 5.74) is 1.68. The van der Waals surface area contributed by atoms with Crippen molar-refractivity contribution in [3.63, 3.8) is 0 Å². The number of sulfonamides is 1. The Balaban J connectivity index is 1.61. The van der Waals surface area contributed by atoms with Crippen molar-refractivity contribution in [2.45, 2.75) is 56.8 Å². The lowest BCUT2D eigenvalue weighted by atomic mass is 10.1. The van der Waals surface area contributed by atoms with E-state index in [4.69, 9.17) is 4.74 Å². The monoisotopic (exact) mass is 472 g/mol. The summed E-state index contributed by atoms with van der Waals surface area (Å²) in [5.74, 6) is -0.950. The SMILES string of the molecule is CCCCc1ccc(NS(=O)(=O)c2cccc(C(=O)OCC(=O)N3CCCCCC3)c2)cc1. The molecule has 0 aliphatic carbocycles. The number of likely N-dealkylation sites (tertiary alicyclic amines) is 1. The summed E-state index contributed by atoms with van der Waals surface area (Å²) >= 11 is 0. The smallest absolute Gasteiger partial charge is 0.338 e. The number of rotatable bonds is 9.